The van der Waals surface area contributed by atoms with Crippen LogP contribution in [0.25, 0.3) is 88.4 Å². The number of aromatic nitrogens is 5. The van der Waals surface area contributed by atoms with E-state index in [-0.39, 0.29) is 0 Å². The van der Waals surface area contributed by atoms with Crippen molar-refractivity contribution >= 4 is 54.4 Å². The molecule has 0 fully saturated rings. The van der Waals surface area contributed by atoms with Crippen LogP contribution in [0.3, 0.4) is 0 Å². The van der Waals surface area contributed by atoms with E-state index in [0.717, 1.165) is 56.1 Å². The van der Waals surface area contributed by atoms with Crippen molar-refractivity contribution in [3.05, 3.63) is 164 Å². The fourth-order valence-corrected chi connectivity index (χ4v) is 7.40. The first-order valence-corrected chi connectivity index (χ1v) is 16.1. The summed E-state index contributed by atoms with van der Waals surface area (Å²) in [6.07, 6.45) is 5.61. The SMILES string of the molecule is c1ccc(-c2ccc(-n3c4ccccc4c4c5ccc6c(c5ccc43)c3ccccc3n6-c3cccc(-c4ccncc4)n3)cn2)cc1. The lowest BCUT2D eigenvalue weighted by Crippen LogP contribution is -1.98. The van der Waals surface area contributed by atoms with Crippen LogP contribution in [0.2, 0.25) is 0 Å². The molecule has 10 rings (SSSR count). The highest BCUT2D eigenvalue weighted by molar-refractivity contribution is 6.29. The molecule has 5 aromatic carbocycles. The van der Waals surface area contributed by atoms with Crippen LogP contribution < -0.4 is 0 Å². The topological polar surface area (TPSA) is 48.5 Å². The van der Waals surface area contributed by atoms with Gasteiger partial charge < -0.3 is 4.57 Å². The third-order valence-electron chi connectivity index (χ3n) is 9.48. The molecule has 5 heterocycles. The van der Waals surface area contributed by atoms with Crippen molar-refractivity contribution in [1.29, 1.82) is 0 Å². The van der Waals surface area contributed by atoms with Gasteiger partial charge in [0.15, 0.2) is 0 Å². The molecule has 0 atom stereocenters. The molecule has 10 aromatic rings. The number of rotatable bonds is 4. The molecule has 0 bridgehead atoms. The van der Waals surface area contributed by atoms with Crippen molar-refractivity contribution in [2.75, 3.05) is 0 Å². The summed E-state index contributed by atoms with van der Waals surface area (Å²) < 4.78 is 4.64. The Balaban J connectivity index is 1.22. The normalized spacial score (nSPS) is 11.8. The van der Waals surface area contributed by atoms with Crippen molar-refractivity contribution in [3.8, 4) is 34.0 Å². The predicted molar refractivity (Wildman–Crippen MR) is 197 cm³/mol. The van der Waals surface area contributed by atoms with Crippen LogP contribution >= 0.6 is 0 Å². The molecule has 5 heteroatoms. The van der Waals surface area contributed by atoms with E-state index in [0.29, 0.717) is 0 Å². The predicted octanol–water partition coefficient (Wildman–Crippen LogP) is 10.6. The van der Waals surface area contributed by atoms with Gasteiger partial charge in [0, 0.05) is 45.1 Å². The van der Waals surface area contributed by atoms with E-state index in [1.165, 1.54) is 32.3 Å². The average Bonchev–Trinajstić information content (AvgIpc) is 3.69. The highest BCUT2D eigenvalue weighted by atomic mass is 15.1. The number of pyridine rings is 3. The maximum Gasteiger partial charge on any atom is 0.138 e. The Morgan fingerprint density at radius 2 is 1.02 bits per heavy atom. The smallest absolute Gasteiger partial charge is 0.138 e. The molecule has 224 valence electrons. The Morgan fingerprint density at radius 1 is 0.396 bits per heavy atom. The van der Waals surface area contributed by atoms with Crippen LogP contribution in [0, 0.1) is 0 Å². The molecule has 0 unspecified atom stereocenters. The van der Waals surface area contributed by atoms with E-state index in [9.17, 15) is 0 Å². The van der Waals surface area contributed by atoms with Crippen molar-refractivity contribution in [1.82, 2.24) is 24.1 Å². The second-order valence-corrected chi connectivity index (χ2v) is 12.1. The molecule has 0 aliphatic heterocycles. The molecule has 0 N–H and O–H groups in total. The van der Waals surface area contributed by atoms with Gasteiger partial charge in [-0.05, 0) is 71.4 Å². The summed E-state index contributed by atoms with van der Waals surface area (Å²) in [5.41, 5.74) is 9.66. The lowest BCUT2D eigenvalue weighted by atomic mass is 9.99. The maximum absolute atomic E-state index is 5.14. The molecule has 0 radical (unpaired) electrons. The summed E-state index contributed by atoms with van der Waals surface area (Å²) in [6, 6.07) is 51.3. The van der Waals surface area contributed by atoms with Crippen LogP contribution in [0.4, 0.5) is 0 Å². The number of hydrogen-bond acceptors (Lipinski definition) is 3. The average molecular weight is 614 g/mol. The van der Waals surface area contributed by atoms with Gasteiger partial charge >= 0.3 is 0 Å². The molecule has 0 saturated carbocycles. The summed E-state index contributed by atoms with van der Waals surface area (Å²) in [5.74, 6) is 0.888. The third-order valence-corrected chi connectivity index (χ3v) is 9.48. The zero-order valence-electron chi connectivity index (χ0n) is 25.8. The molecular formula is C43H27N5. The van der Waals surface area contributed by atoms with Crippen molar-refractivity contribution in [3.63, 3.8) is 0 Å². The highest BCUT2D eigenvalue weighted by Gasteiger charge is 2.20. The minimum atomic E-state index is 0.888. The number of nitrogens with zero attached hydrogens (tertiary/aromatic N) is 5. The highest BCUT2D eigenvalue weighted by Crippen LogP contribution is 2.42. The quantitative estimate of drug-likeness (QED) is 0.198. The summed E-state index contributed by atoms with van der Waals surface area (Å²) in [4.78, 5) is 14.2. The van der Waals surface area contributed by atoms with Gasteiger partial charge in [-0.1, -0.05) is 84.9 Å². The van der Waals surface area contributed by atoms with Gasteiger partial charge in [0.2, 0.25) is 0 Å². The molecule has 5 aromatic heterocycles. The van der Waals surface area contributed by atoms with Crippen LogP contribution in [-0.2, 0) is 0 Å². The molecule has 5 nitrogen and oxygen atoms in total. The van der Waals surface area contributed by atoms with Crippen LogP contribution in [0.5, 0.6) is 0 Å². The molecule has 0 amide bonds. The zero-order valence-corrected chi connectivity index (χ0v) is 25.8. The summed E-state index contributed by atoms with van der Waals surface area (Å²) in [7, 11) is 0. The summed E-state index contributed by atoms with van der Waals surface area (Å²) in [6.45, 7) is 0. The van der Waals surface area contributed by atoms with E-state index >= 15 is 0 Å². The number of fused-ring (bicyclic) bond motifs is 9. The molecule has 0 saturated heterocycles. The fraction of sp³-hybridized carbons (Fsp3) is 0. The minimum absolute atomic E-state index is 0.888. The van der Waals surface area contributed by atoms with E-state index < -0.39 is 0 Å². The van der Waals surface area contributed by atoms with Crippen molar-refractivity contribution in [2.45, 2.75) is 0 Å². The van der Waals surface area contributed by atoms with Crippen molar-refractivity contribution < 1.29 is 0 Å². The van der Waals surface area contributed by atoms with Gasteiger partial charge in [0.05, 0.1) is 45.3 Å². The van der Waals surface area contributed by atoms with Crippen molar-refractivity contribution in [2.24, 2.45) is 0 Å². The molecule has 0 spiro atoms. The van der Waals surface area contributed by atoms with Gasteiger partial charge in [-0.25, -0.2) is 4.98 Å². The Morgan fingerprint density at radius 3 is 1.71 bits per heavy atom. The Bertz CT molecular complexity index is 2810. The second-order valence-electron chi connectivity index (χ2n) is 12.1. The molecule has 0 aliphatic rings. The molecule has 48 heavy (non-hydrogen) atoms. The molecular weight excluding hydrogens is 587 g/mol. The van der Waals surface area contributed by atoms with Gasteiger partial charge in [0.1, 0.15) is 5.82 Å². The number of para-hydroxylation sites is 2. The lowest BCUT2D eigenvalue weighted by molar-refractivity contribution is 1.08. The first-order valence-electron chi connectivity index (χ1n) is 16.1. The monoisotopic (exact) mass is 613 g/mol. The van der Waals surface area contributed by atoms with E-state index in [2.05, 4.69) is 129 Å². The van der Waals surface area contributed by atoms with Gasteiger partial charge in [-0.3, -0.25) is 14.5 Å². The Labute approximate surface area is 276 Å². The van der Waals surface area contributed by atoms with Gasteiger partial charge in [0.25, 0.3) is 0 Å². The van der Waals surface area contributed by atoms with Crippen LogP contribution in [0.1, 0.15) is 0 Å². The summed E-state index contributed by atoms with van der Waals surface area (Å²) >= 11 is 0. The standard InChI is InChI=1S/C43H27N5/c1-2-9-28(10-3-1)35-20-17-30(27-45-35)47-37-14-6-4-11-33(37)42-31-19-22-40-43(32(31)18-21-39(42)47)34-12-5-7-15-38(34)48(40)41-16-8-13-36(46-41)29-23-25-44-26-24-29/h1-27H. The van der Waals surface area contributed by atoms with Crippen LogP contribution in [-0.4, -0.2) is 24.1 Å². The minimum Gasteiger partial charge on any atom is -0.308 e. The number of hydrogen-bond donors (Lipinski definition) is 0. The Kier molecular flexibility index (Phi) is 5.81. The largest absolute Gasteiger partial charge is 0.308 e. The number of benzene rings is 5. The lowest BCUT2D eigenvalue weighted by Gasteiger charge is -2.10. The molecule has 0 aliphatic carbocycles. The fourth-order valence-electron chi connectivity index (χ4n) is 7.40. The second kappa shape index (κ2) is 10.5. The first kappa shape index (κ1) is 26.6. The maximum atomic E-state index is 5.14. The van der Waals surface area contributed by atoms with E-state index in [1.54, 1.807) is 0 Å². The van der Waals surface area contributed by atoms with Gasteiger partial charge in [-0.2, -0.15) is 0 Å². The third kappa shape index (κ3) is 3.94. The Hall–Kier alpha value is -6.59. The van der Waals surface area contributed by atoms with E-state index in [1.807, 2.05) is 48.9 Å². The van der Waals surface area contributed by atoms with E-state index in [4.69, 9.17) is 9.97 Å². The van der Waals surface area contributed by atoms with Gasteiger partial charge in [-0.15, -0.1) is 0 Å². The summed E-state index contributed by atoms with van der Waals surface area (Å²) in [5, 5.41) is 7.35. The zero-order chi connectivity index (χ0) is 31.6. The van der Waals surface area contributed by atoms with Crippen LogP contribution in [0.15, 0.2) is 164 Å². The first-order chi connectivity index (χ1) is 23.8.